The average molecular weight is 422 g/mol. The number of benzene rings is 2. The van der Waals surface area contributed by atoms with Gasteiger partial charge in [0.2, 0.25) is 0 Å². The Bertz CT molecular complexity index is 928. The number of carbonyl (C=O) groups excluding carboxylic acids is 2. The monoisotopic (exact) mass is 421 g/mol. The van der Waals surface area contributed by atoms with Crippen LogP contribution in [0.15, 0.2) is 30.3 Å². The first-order chi connectivity index (χ1) is 15.0. The molecule has 0 aliphatic carbocycles. The zero-order chi connectivity index (χ0) is 22.5. The van der Waals surface area contributed by atoms with E-state index in [4.69, 9.17) is 4.74 Å². The molecule has 166 valence electrons. The molecule has 1 unspecified atom stereocenters. The quantitative estimate of drug-likeness (QED) is 0.457. The van der Waals surface area contributed by atoms with Gasteiger partial charge in [-0.2, -0.15) is 0 Å². The minimum atomic E-state index is -0.215. The van der Waals surface area contributed by atoms with E-state index in [1.165, 1.54) is 27.2 Å². The Morgan fingerprint density at radius 2 is 1.48 bits per heavy atom. The van der Waals surface area contributed by atoms with E-state index < -0.39 is 0 Å². The zero-order valence-corrected chi connectivity index (χ0v) is 19.6. The lowest BCUT2D eigenvalue weighted by Gasteiger charge is -2.24. The molecule has 0 saturated carbocycles. The van der Waals surface area contributed by atoms with Crippen LogP contribution >= 0.6 is 0 Å². The van der Waals surface area contributed by atoms with Gasteiger partial charge in [-0.25, -0.2) is 0 Å². The van der Waals surface area contributed by atoms with Gasteiger partial charge in [0.15, 0.2) is 0 Å². The van der Waals surface area contributed by atoms with Crippen molar-refractivity contribution in [1.82, 2.24) is 4.90 Å². The highest BCUT2D eigenvalue weighted by molar-refractivity contribution is 6.21. The summed E-state index contributed by atoms with van der Waals surface area (Å²) in [6.07, 6.45) is 5.71. The van der Waals surface area contributed by atoms with Crippen molar-refractivity contribution in [2.45, 2.75) is 79.2 Å². The lowest BCUT2D eigenvalue weighted by atomic mass is 9.90. The number of hydrogen-bond donors (Lipinski definition) is 0. The second-order valence-electron chi connectivity index (χ2n) is 8.30. The van der Waals surface area contributed by atoms with Crippen molar-refractivity contribution in [3.8, 4) is 5.75 Å². The minimum absolute atomic E-state index is 0.200. The number of ether oxygens (including phenoxy) is 1. The normalized spacial score (nSPS) is 14.2. The van der Waals surface area contributed by atoms with E-state index in [9.17, 15) is 9.59 Å². The first-order valence-electron chi connectivity index (χ1n) is 11.7. The van der Waals surface area contributed by atoms with Crippen LogP contribution in [0.3, 0.4) is 0 Å². The molecule has 2 amide bonds. The Kier molecular flexibility index (Phi) is 7.53. The van der Waals surface area contributed by atoms with Crippen molar-refractivity contribution in [3.63, 3.8) is 0 Å². The van der Waals surface area contributed by atoms with Crippen molar-refractivity contribution in [1.29, 1.82) is 0 Å². The van der Waals surface area contributed by atoms with Gasteiger partial charge in [0.1, 0.15) is 5.75 Å². The van der Waals surface area contributed by atoms with Crippen LogP contribution in [0.1, 0.15) is 90.4 Å². The maximum Gasteiger partial charge on any atom is 0.261 e. The smallest absolute Gasteiger partial charge is 0.261 e. The van der Waals surface area contributed by atoms with E-state index in [2.05, 4.69) is 33.8 Å². The van der Waals surface area contributed by atoms with E-state index >= 15 is 0 Å². The van der Waals surface area contributed by atoms with Crippen LogP contribution in [0.5, 0.6) is 5.75 Å². The van der Waals surface area contributed by atoms with Crippen LogP contribution in [0, 0.1) is 0 Å². The molecule has 1 heterocycles. The summed E-state index contributed by atoms with van der Waals surface area (Å²) in [5.74, 6) is 0.610. The fraction of sp³-hybridized carbons (Fsp3) is 0.481. The SMILES string of the molecule is CCCc1cc(CC)c(OCCC(C)N2C(=O)c3ccccc3C2=O)c(CC)c1CC. The topological polar surface area (TPSA) is 46.6 Å². The molecule has 0 radical (unpaired) electrons. The first kappa shape index (κ1) is 23.1. The largest absolute Gasteiger partial charge is 0.493 e. The number of aryl methyl sites for hydroxylation is 2. The molecule has 0 saturated heterocycles. The van der Waals surface area contributed by atoms with Crippen molar-refractivity contribution >= 4 is 11.8 Å². The van der Waals surface area contributed by atoms with Crippen molar-refractivity contribution in [2.24, 2.45) is 0 Å². The van der Waals surface area contributed by atoms with Crippen molar-refractivity contribution in [2.75, 3.05) is 6.61 Å². The van der Waals surface area contributed by atoms with Gasteiger partial charge in [-0.15, -0.1) is 0 Å². The summed E-state index contributed by atoms with van der Waals surface area (Å²) >= 11 is 0. The van der Waals surface area contributed by atoms with Gasteiger partial charge in [0.25, 0.3) is 11.8 Å². The summed E-state index contributed by atoms with van der Waals surface area (Å²) < 4.78 is 6.35. The van der Waals surface area contributed by atoms with Gasteiger partial charge in [-0.1, -0.05) is 52.3 Å². The Morgan fingerprint density at radius 3 is 2.00 bits per heavy atom. The van der Waals surface area contributed by atoms with Crippen molar-refractivity contribution < 1.29 is 14.3 Å². The van der Waals surface area contributed by atoms with E-state index in [0.29, 0.717) is 24.2 Å². The number of hydrogen-bond acceptors (Lipinski definition) is 3. The Hall–Kier alpha value is -2.62. The van der Waals surface area contributed by atoms with Crippen LogP contribution in [0.2, 0.25) is 0 Å². The minimum Gasteiger partial charge on any atom is -0.493 e. The summed E-state index contributed by atoms with van der Waals surface area (Å²) in [7, 11) is 0. The van der Waals surface area contributed by atoms with E-state index in [0.717, 1.165) is 37.9 Å². The van der Waals surface area contributed by atoms with Gasteiger partial charge < -0.3 is 4.74 Å². The van der Waals surface area contributed by atoms with Crippen LogP contribution in [-0.4, -0.2) is 29.4 Å². The van der Waals surface area contributed by atoms with Gasteiger partial charge in [-0.3, -0.25) is 14.5 Å². The van der Waals surface area contributed by atoms with Crippen LogP contribution in [-0.2, 0) is 25.7 Å². The predicted molar refractivity (Wildman–Crippen MR) is 125 cm³/mol. The van der Waals surface area contributed by atoms with Crippen LogP contribution in [0.25, 0.3) is 0 Å². The number of nitrogens with zero attached hydrogens (tertiary/aromatic N) is 1. The molecule has 0 spiro atoms. The fourth-order valence-corrected chi connectivity index (χ4v) is 4.71. The lowest BCUT2D eigenvalue weighted by Crippen LogP contribution is -2.38. The molecule has 1 aliphatic heterocycles. The zero-order valence-electron chi connectivity index (χ0n) is 19.6. The number of imide groups is 1. The first-order valence-corrected chi connectivity index (χ1v) is 11.7. The van der Waals surface area contributed by atoms with Crippen LogP contribution < -0.4 is 4.74 Å². The van der Waals surface area contributed by atoms with Gasteiger partial charge in [0.05, 0.1) is 17.7 Å². The van der Waals surface area contributed by atoms with E-state index in [1.54, 1.807) is 24.3 Å². The molecular formula is C27H35NO3. The number of carbonyl (C=O) groups is 2. The summed E-state index contributed by atoms with van der Waals surface area (Å²) in [6.45, 7) is 11.2. The molecule has 4 nitrogen and oxygen atoms in total. The number of fused-ring (bicyclic) bond motifs is 1. The highest BCUT2D eigenvalue weighted by atomic mass is 16.5. The third-order valence-corrected chi connectivity index (χ3v) is 6.32. The third kappa shape index (κ3) is 4.39. The highest BCUT2D eigenvalue weighted by Gasteiger charge is 2.37. The summed E-state index contributed by atoms with van der Waals surface area (Å²) in [4.78, 5) is 26.8. The third-order valence-electron chi connectivity index (χ3n) is 6.32. The summed E-state index contributed by atoms with van der Waals surface area (Å²) in [5.41, 5.74) is 6.45. The molecule has 31 heavy (non-hydrogen) atoms. The average Bonchev–Trinajstić information content (AvgIpc) is 3.04. The standard InChI is InChI=1S/C27H35NO3/c1-6-12-20-17-19(7-2)25(22(9-4)21(20)8-3)31-16-15-18(5)28-26(29)23-13-10-11-14-24(23)27(28)30/h10-11,13-14,17-18H,6-9,12,15-16H2,1-5H3. The second-order valence-corrected chi connectivity index (χ2v) is 8.30. The number of amides is 2. The fourth-order valence-electron chi connectivity index (χ4n) is 4.71. The Balaban J connectivity index is 1.76. The molecule has 1 atom stereocenters. The van der Waals surface area contributed by atoms with Gasteiger partial charge in [0, 0.05) is 12.5 Å². The predicted octanol–water partition coefficient (Wildman–Crippen LogP) is 5.78. The van der Waals surface area contributed by atoms with Gasteiger partial charge in [-0.05, 0) is 67.0 Å². The molecule has 0 aromatic heterocycles. The maximum absolute atomic E-state index is 12.7. The molecular weight excluding hydrogens is 386 g/mol. The lowest BCUT2D eigenvalue weighted by molar-refractivity contribution is 0.0579. The highest BCUT2D eigenvalue weighted by Crippen LogP contribution is 2.33. The molecule has 3 rings (SSSR count). The van der Waals surface area contributed by atoms with Crippen molar-refractivity contribution in [3.05, 3.63) is 63.7 Å². The summed E-state index contributed by atoms with van der Waals surface area (Å²) in [6, 6.07) is 9.16. The van der Waals surface area contributed by atoms with E-state index in [-0.39, 0.29) is 17.9 Å². The Morgan fingerprint density at radius 1 is 0.871 bits per heavy atom. The molecule has 2 aromatic rings. The molecule has 0 bridgehead atoms. The Labute approximate surface area is 186 Å². The second kappa shape index (κ2) is 10.1. The molecule has 0 N–H and O–H groups in total. The summed E-state index contributed by atoms with van der Waals surface area (Å²) in [5, 5.41) is 0. The molecule has 4 heteroatoms. The van der Waals surface area contributed by atoms with Crippen LogP contribution in [0.4, 0.5) is 0 Å². The number of rotatable bonds is 10. The maximum atomic E-state index is 12.7. The molecule has 0 fully saturated rings. The molecule has 1 aliphatic rings. The van der Waals surface area contributed by atoms with E-state index in [1.807, 2.05) is 6.92 Å². The molecule has 2 aromatic carbocycles. The van der Waals surface area contributed by atoms with Gasteiger partial charge >= 0.3 is 0 Å².